The lowest BCUT2D eigenvalue weighted by Gasteiger charge is -2.43. The molecule has 4 heterocycles. The third kappa shape index (κ3) is 5.35. The Kier molecular flexibility index (Phi) is 7.34. The van der Waals surface area contributed by atoms with Crippen molar-refractivity contribution >= 4 is 29.2 Å². The summed E-state index contributed by atoms with van der Waals surface area (Å²) in [4.78, 5) is 19.0. The fraction of sp³-hybridized carbons (Fsp3) is 0.444. The van der Waals surface area contributed by atoms with Crippen LogP contribution < -0.4 is 5.32 Å². The van der Waals surface area contributed by atoms with Crippen LogP contribution in [0.5, 0.6) is 0 Å². The van der Waals surface area contributed by atoms with Crippen molar-refractivity contribution in [3.05, 3.63) is 69.5 Å². The number of halogens is 4. The minimum Gasteiger partial charge on any atom is -0.481 e. The van der Waals surface area contributed by atoms with Crippen molar-refractivity contribution in [2.45, 2.75) is 51.4 Å². The van der Waals surface area contributed by atoms with E-state index in [-0.39, 0.29) is 67.2 Å². The summed E-state index contributed by atoms with van der Waals surface area (Å²) >= 11 is 5.93. The Bertz CT molecular complexity index is 1400. The summed E-state index contributed by atoms with van der Waals surface area (Å²) in [6.45, 7) is 3.65. The summed E-state index contributed by atoms with van der Waals surface area (Å²) in [7, 11) is 0. The number of piperidine rings is 1. The number of benzene rings is 1. The minimum absolute atomic E-state index is 0.0235. The molecule has 2 aliphatic heterocycles. The predicted molar refractivity (Wildman–Crippen MR) is 139 cm³/mol. The van der Waals surface area contributed by atoms with Crippen LogP contribution in [0.25, 0.3) is 0 Å². The first-order valence-electron chi connectivity index (χ1n) is 12.7. The molecule has 3 aromatic rings. The number of nitrogens with one attached hydrogen (secondary N) is 2. The number of carbonyl (C=O) groups is 1. The number of aryl methyl sites for hydroxylation is 1. The molecule has 0 radical (unpaired) electrons. The summed E-state index contributed by atoms with van der Waals surface area (Å²) in [5, 5.41) is 20.2. The van der Waals surface area contributed by atoms with Gasteiger partial charge in [-0.25, -0.2) is 18.2 Å². The first-order valence-corrected chi connectivity index (χ1v) is 13.0. The summed E-state index contributed by atoms with van der Waals surface area (Å²) in [6.07, 6.45) is 0.101. The van der Waals surface area contributed by atoms with Crippen molar-refractivity contribution < 1.29 is 27.8 Å². The highest BCUT2D eigenvalue weighted by Gasteiger charge is 2.48. The van der Waals surface area contributed by atoms with Crippen molar-refractivity contribution in [3.63, 3.8) is 0 Å². The second-order valence-electron chi connectivity index (χ2n) is 10.6. The molecule has 2 aliphatic rings. The van der Waals surface area contributed by atoms with Gasteiger partial charge in [-0.1, -0.05) is 23.7 Å². The second-order valence-corrected chi connectivity index (χ2v) is 11.0. The number of hydrogen-bond donors (Lipinski definition) is 3. The number of ether oxygens (including phenoxy) is 1. The zero-order valence-electron chi connectivity index (χ0n) is 21.5. The quantitative estimate of drug-likeness (QED) is 0.342. The van der Waals surface area contributed by atoms with Crippen LogP contribution in [0.2, 0.25) is 5.02 Å². The molecule has 0 saturated carbocycles. The van der Waals surface area contributed by atoms with Crippen LogP contribution >= 0.6 is 11.6 Å². The highest BCUT2D eigenvalue weighted by Crippen LogP contribution is 2.42. The normalized spacial score (nSPS) is 22.9. The van der Waals surface area contributed by atoms with Crippen LogP contribution in [0.3, 0.4) is 0 Å². The number of pyridine rings is 1. The number of nitrogens with zero attached hydrogens (tertiary/aromatic N) is 3. The van der Waals surface area contributed by atoms with E-state index in [1.54, 1.807) is 25.1 Å². The SMILES string of the molecule is Cc1cc(Nc2cc(C3(F)COC3)c(F)c(CC3(C(=O)O)CCN(Cc4cccc(Cl)c4F)[C@H](C)C3)n2)n[nH]1. The van der Waals surface area contributed by atoms with Crippen LogP contribution in [-0.4, -0.2) is 57.0 Å². The molecule has 2 fully saturated rings. The molecule has 0 amide bonds. The third-order valence-electron chi connectivity index (χ3n) is 7.68. The Hall–Kier alpha value is -3.15. The van der Waals surface area contributed by atoms with Gasteiger partial charge in [-0.05, 0) is 45.4 Å². The topological polar surface area (TPSA) is 103 Å². The summed E-state index contributed by atoms with van der Waals surface area (Å²) < 4.78 is 50.7. The maximum absolute atomic E-state index is 15.8. The van der Waals surface area contributed by atoms with Crippen molar-refractivity contribution in [2.75, 3.05) is 25.1 Å². The number of aromatic nitrogens is 3. The van der Waals surface area contributed by atoms with Crippen LogP contribution in [-0.2, 0) is 28.2 Å². The number of likely N-dealkylation sites (tertiary alicyclic amines) is 1. The fourth-order valence-electron chi connectivity index (χ4n) is 5.39. The minimum atomic E-state index is -2.03. The Morgan fingerprint density at radius 2 is 2.05 bits per heavy atom. The molecule has 2 atom stereocenters. The summed E-state index contributed by atoms with van der Waals surface area (Å²) in [5.41, 5.74) is -2.57. The van der Waals surface area contributed by atoms with Crippen molar-refractivity contribution in [1.82, 2.24) is 20.1 Å². The Labute approximate surface area is 228 Å². The van der Waals surface area contributed by atoms with E-state index < -0.39 is 28.7 Å². The van der Waals surface area contributed by atoms with Gasteiger partial charge in [0.1, 0.15) is 11.6 Å². The molecular weight excluding hydrogens is 535 g/mol. The molecular formula is C27H29ClF3N5O3. The number of H-pyrrole nitrogens is 1. The summed E-state index contributed by atoms with van der Waals surface area (Å²) in [6, 6.07) is 7.50. The molecule has 208 valence electrons. The highest BCUT2D eigenvalue weighted by molar-refractivity contribution is 6.30. The van der Waals surface area contributed by atoms with Gasteiger partial charge in [0.15, 0.2) is 17.3 Å². The Morgan fingerprint density at radius 1 is 1.28 bits per heavy atom. The molecule has 8 nitrogen and oxygen atoms in total. The number of hydrogen-bond acceptors (Lipinski definition) is 6. The lowest BCUT2D eigenvalue weighted by molar-refractivity contribution is -0.153. The van der Waals surface area contributed by atoms with E-state index in [0.29, 0.717) is 17.9 Å². The number of aliphatic carboxylic acids is 1. The van der Waals surface area contributed by atoms with Gasteiger partial charge in [0, 0.05) is 41.9 Å². The van der Waals surface area contributed by atoms with Gasteiger partial charge in [-0.15, -0.1) is 0 Å². The van der Waals surface area contributed by atoms with Gasteiger partial charge in [0.25, 0.3) is 0 Å². The van der Waals surface area contributed by atoms with E-state index in [4.69, 9.17) is 16.3 Å². The van der Waals surface area contributed by atoms with Crippen molar-refractivity contribution in [3.8, 4) is 0 Å². The van der Waals surface area contributed by atoms with Crippen molar-refractivity contribution in [1.29, 1.82) is 0 Å². The van der Waals surface area contributed by atoms with E-state index in [1.165, 1.54) is 12.1 Å². The lowest BCUT2D eigenvalue weighted by Crippen LogP contribution is -2.50. The maximum Gasteiger partial charge on any atom is 0.310 e. The van der Waals surface area contributed by atoms with Gasteiger partial charge < -0.3 is 15.2 Å². The highest BCUT2D eigenvalue weighted by atomic mass is 35.5. The molecule has 2 saturated heterocycles. The average Bonchev–Trinajstić information content (AvgIpc) is 3.28. The molecule has 39 heavy (non-hydrogen) atoms. The van der Waals surface area contributed by atoms with Crippen LogP contribution in [0.15, 0.2) is 30.3 Å². The van der Waals surface area contributed by atoms with Gasteiger partial charge in [-0.3, -0.25) is 14.8 Å². The number of rotatable bonds is 8. The molecule has 5 rings (SSSR count). The van der Waals surface area contributed by atoms with E-state index in [9.17, 15) is 14.3 Å². The molecule has 0 aliphatic carbocycles. The van der Waals surface area contributed by atoms with E-state index in [1.807, 2.05) is 11.8 Å². The zero-order valence-corrected chi connectivity index (χ0v) is 22.3. The molecule has 1 aromatic carbocycles. The fourth-order valence-corrected chi connectivity index (χ4v) is 5.58. The van der Waals surface area contributed by atoms with Crippen LogP contribution in [0, 0.1) is 24.0 Å². The second kappa shape index (κ2) is 10.4. The molecule has 1 unspecified atom stereocenters. The summed E-state index contributed by atoms with van der Waals surface area (Å²) in [5.74, 6) is -1.91. The van der Waals surface area contributed by atoms with E-state index >= 15 is 8.78 Å². The number of anilines is 2. The molecule has 12 heteroatoms. The number of carboxylic acids is 1. The van der Waals surface area contributed by atoms with Gasteiger partial charge >= 0.3 is 5.97 Å². The first-order chi connectivity index (χ1) is 18.5. The van der Waals surface area contributed by atoms with E-state index in [2.05, 4.69) is 20.5 Å². The van der Waals surface area contributed by atoms with Crippen LogP contribution in [0.4, 0.5) is 24.8 Å². The van der Waals surface area contributed by atoms with Gasteiger partial charge in [0.2, 0.25) is 0 Å². The monoisotopic (exact) mass is 563 g/mol. The van der Waals surface area contributed by atoms with Gasteiger partial charge in [0.05, 0.1) is 29.3 Å². The third-order valence-corrected chi connectivity index (χ3v) is 7.98. The first kappa shape index (κ1) is 27.4. The molecule has 0 spiro atoms. The number of aromatic amines is 1. The lowest BCUT2D eigenvalue weighted by atomic mass is 9.72. The Balaban J connectivity index is 1.43. The smallest absolute Gasteiger partial charge is 0.310 e. The average molecular weight is 564 g/mol. The maximum atomic E-state index is 15.8. The molecule has 0 bridgehead atoms. The number of alkyl halides is 1. The molecule has 2 aromatic heterocycles. The van der Waals surface area contributed by atoms with Crippen molar-refractivity contribution in [2.24, 2.45) is 5.41 Å². The van der Waals surface area contributed by atoms with Crippen LogP contribution in [0.1, 0.15) is 42.3 Å². The number of carboxylic acid groups (broad SMARTS) is 1. The standard InChI is InChI=1S/C27H29ClF3N5O3/c1-15-8-22(35-34-15)33-21-9-18(27(31)13-39-14-27)24(30)20(32-21)11-26(25(37)38)6-7-36(16(2)10-26)12-17-4-3-5-19(28)23(17)29/h3-5,8-9,16H,6-7,10-14H2,1-2H3,(H,37,38)(H2,32,33,34,35)/t16-,26?/m1/s1. The molecule has 3 N–H and O–H groups in total. The Morgan fingerprint density at radius 3 is 2.67 bits per heavy atom. The van der Waals surface area contributed by atoms with Gasteiger partial charge in [-0.2, -0.15) is 5.10 Å². The largest absolute Gasteiger partial charge is 0.481 e. The predicted octanol–water partition coefficient (Wildman–Crippen LogP) is 5.28. The zero-order chi connectivity index (χ0) is 27.9. The van der Waals surface area contributed by atoms with E-state index in [0.717, 1.165) is 5.69 Å².